The van der Waals surface area contributed by atoms with E-state index >= 15 is 0 Å². The molecule has 1 fully saturated rings. The van der Waals surface area contributed by atoms with Gasteiger partial charge in [-0.1, -0.05) is 6.92 Å². The van der Waals surface area contributed by atoms with Gasteiger partial charge in [-0.25, -0.2) is 4.98 Å². The van der Waals surface area contributed by atoms with E-state index in [1.54, 1.807) is 0 Å². The fourth-order valence-corrected chi connectivity index (χ4v) is 3.63. The maximum absolute atomic E-state index is 4.60. The molecule has 1 saturated heterocycles. The topological polar surface area (TPSA) is 31.4 Å². The third kappa shape index (κ3) is 3.93. The van der Waals surface area contributed by atoms with Crippen LogP contribution in [-0.2, 0) is 0 Å². The largest absolute Gasteiger partial charge is 0.350 e. The molecule has 2 atom stereocenters. The summed E-state index contributed by atoms with van der Waals surface area (Å²) < 4.78 is 0. The van der Waals surface area contributed by atoms with E-state index in [-0.39, 0.29) is 0 Å². The molecule has 0 bridgehead atoms. The van der Waals surface area contributed by atoms with Gasteiger partial charge in [-0.3, -0.25) is 0 Å². The first-order valence-corrected chi connectivity index (χ1v) is 8.54. The van der Waals surface area contributed by atoms with Crippen molar-refractivity contribution in [1.82, 2.24) is 15.2 Å². The van der Waals surface area contributed by atoms with E-state index in [1.165, 1.54) is 30.7 Å². The van der Waals surface area contributed by atoms with E-state index in [0.29, 0.717) is 12.1 Å². The van der Waals surface area contributed by atoms with Crippen LogP contribution < -0.4 is 10.2 Å². The number of rotatable bonds is 7. The predicted octanol–water partition coefficient (Wildman–Crippen LogP) is 2.73. The Balaban J connectivity index is 1.90. The van der Waals surface area contributed by atoms with Crippen molar-refractivity contribution in [2.45, 2.75) is 45.2 Å². The predicted molar refractivity (Wildman–Crippen MR) is 87.7 cm³/mol. The SMILES string of the molecule is CCCNC(C)c1cnc(N(C)CC2CCCN2C)s1. The number of anilines is 1. The summed E-state index contributed by atoms with van der Waals surface area (Å²) in [5, 5.41) is 4.67. The van der Waals surface area contributed by atoms with Gasteiger partial charge in [0.25, 0.3) is 0 Å². The number of hydrogen-bond donors (Lipinski definition) is 1. The Kier molecular flexibility index (Phi) is 5.81. The average Bonchev–Trinajstić information content (AvgIpc) is 3.06. The molecule has 1 aliphatic rings. The molecule has 4 nitrogen and oxygen atoms in total. The van der Waals surface area contributed by atoms with Crippen LogP contribution >= 0.6 is 11.3 Å². The summed E-state index contributed by atoms with van der Waals surface area (Å²) >= 11 is 1.82. The van der Waals surface area contributed by atoms with Gasteiger partial charge in [-0.2, -0.15) is 0 Å². The van der Waals surface area contributed by atoms with Crippen molar-refractivity contribution in [3.8, 4) is 0 Å². The zero-order valence-corrected chi connectivity index (χ0v) is 14.0. The molecule has 2 heterocycles. The highest BCUT2D eigenvalue weighted by Crippen LogP contribution is 2.27. The molecular weight excluding hydrogens is 268 g/mol. The zero-order valence-electron chi connectivity index (χ0n) is 13.2. The molecule has 5 heteroatoms. The normalized spacial score (nSPS) is 21.3. The molecule has 20 heavy (non-hydrogen) atoms. The lowest BCUT2D eigenvalue weighted by molar-refractivity contribution is 0.314. The van der Waals surface area contributed by atoms with Crippen LogP contribution in [0.15, 0.2) is 6.20 Å². The first-order valence-electron chi connectivity index (χ1n) is 7.72. The first kappa shape index (κ1) is 15.7. The maximum Gasteiger partial charge on any atom is 0.185 e. The van der Waals surface area contributed by atoms with Crippen molar-refractivity contribution in [3.63, 3.8) is 0 Å². The highest BCUT2D eigenvalue weighted by Gasteiger charge is 2.23. The highest BCUT2D eigenvalue weighted by molar-refractivity contribution is 7.15. The lowest BCUT2D eigenvalue weighted by atomic mass is 10.2. The number of thiazole rings is 1. The molecule has 2 unspecified atom stereocenters. The molecule has 0 saturated carbocycles. The number of nitrogens with zero attached hydrogens (tertiary/aromatic N) is 3. The molecule has 1 aliphatic heterocycles. The molecule has 2 rings (SSSR count). The molecule has 0 aliphatic carbocycles. The van der Waals surface area contributed by atoms with Gasteiger partial charge in [0.1, 0.15) is 0 Å². The van der Waals surface area contributed by atoms with Gasteiger partial charge in [-0.15, -0.1) is 11.3 Å². The second-order valence-corrected chi connectivity index (χ2v) is 6.92. The molecule has 0 amide bonds. The van der Waals surface area contributed by atoms with Gasteiger partial charge in [0.05, 0.1) is 0 Å². The Morgan fingerprint density at radius 3 is 3.05 bits per heavy atom. The van der Waals surface area contributed by atoms with Gasteiger partial charge in [0.15, 0.2) is 5.13 Å². The lowest BCUT2D eigenvalue weighted by Crippen LogP contribution is -2.36. The van der Waals surface area contributed by atoms with Crippen LogP contribution in [0.25, 0.3) is 0 Å². The number of nitrogens with one attached hydrogen (secondary N) is 1. The second kappa shape index (κ2) is 7.38. The van der Waals surface area contributed by atoms with Gasteiger partial charge in [0, 0.05) is 36.8 Å². The van der Waals surface area contributed by atoms with Crippen molar-refractivity contribution in [3.05, 3.63) is 11.1 Å². The molecule has 0 radical (unpaired) electrons. The minimum Gasteiger partial charge on any atom is -0.350 e. The smallest absolute Gasteiger partial charge is 0.185 e. The van der Waals surface area contributed by atoms with Gasteiger partial charge in [0.2, 0.25) is 0 Å². The van der Waals surface area contributed by atoms with Crippen molar-refractivity contribution in [2.75, 3.05) is 38.6 Å². The van der Waals surface area contributed by atoms with Crippen LogP contribution in [0.5, 0.6) is 0 Å². The van der Waals surface area contributed by atoms with Crippen LogP contribution in [0.1, 0.15) is 44.0 Å². The third-order valence-corrected chi connectivity index (χ3v) is 5.42. The van der Waals surface area contributed by atoms with Crippen molar-refractivity contribution >= 4 is 16.5 Å². The summed E-state index contributed by atoms with van der Waals surface area (Å²) in [7, 11) is 4.40. The fraction of sp³-hybridized carbons (Fsp3) is 0.800. The van der Waals surface area contributed by atoms with Crippen LogP contribution in [0.2, 0.25) is 0 Å². The Bertz CT molecular complexity index is 406. The van der Waals surface area contributed by atoms with Crippen LogP contribution in [0.4, 0.5) is 5.13 Å². The molecule has 0 spiro atoms. The summed E-state index contributed by atoms with van der Waals surface area (Å²) in [6.07, 6.45) is 5.84. The van der Waals surface area contributed by atoms with Crippen LogP contribution in [0.3, 0.4) is 0 Å². The first-order chi connectivity index (χ1) is 9.61. The van der Waals surface area contributed by atoms with E-state index in [1.807, 2.05) is 17.5 Å². The Morgan fingerprint density at radius 1 is 1.60 bits per heavy atom. The van der Waals surface area contributed by atoms with Crippen molar-refractivity contribution in [2.24, 2.45) is 0 Å². The molecule has 0 aromatic carbocycles. The quantitative estimate of drug-likeness (QED) is 0.838. The minimum atomic E-state index is 0.406. The standard InChI is InChI=1S/C15H28N4S/c1-5-8-16-12(2)14-10-17-15(20-14)19(4)11-13-7-6-9-18(13)3/h10,12-13,16H,5-9,11H2,1-4H3. The number of hydrogen-bond acceptors (Lipinski definition) is 5. The third-order valence-electron chi connectivity index (χ3n) is 4.12. The van der Waals surface area contributed by atoms with Crippen molar-refractivity contribution in [1.29, 1.82) is 0 Å². The molecule has 1 aromatic heterocycles. The van der Waals surface area contributed by atoms with Crippen LogP contribution in [-0.4, -0.2) is 49.7 Å². The summed E-state index contributed by atoms with van der Waals surface area (Å²) in [6, 6.07) is 1.09. The Hall–Kier alpha value is -0.650. The van der Waals surface area contributed by atoms with Gasteiger partial charge < -0.3 is 15.1 Å². The summed E-state index contributed by atoms with van der Waals surface area (Å²) in [6.45, 7) is 7.80. The lowest BCUT2D eigenvalue weighted by Gasteiger charge is -2.25. The van der Waals surface area contributed by atoms with E-state index in [9.17, 15) is 0 Å². The number of likely N-dealkylation sites (N-methyl/N-ethyl adjacent to an activating group) is 2. The summed E-state index contributed by atoms with van der Waals surface area (Å²) in [5.41, 5.74) is 0. The van der Waals surface area contributed by atoms with E-state index in [0.717, 1.165) is 18.2 Å². The molecular formula is C15H28N4S. The van der Waals surface area contributed by atoms with E-state index < -0.39 is 0 Å². The average molecular weight is 296 g/mol. The zero-order chi connectivity index (χ0) is 14.5. The Morgan fingerprint density at radius 2 is 2.40 bits per heavy atom. The summed E-state index contributed by atoms with van der Waals surface area (Å²) in [4.78, 5) is 10.7. The van der Waals surface area contributed by atoms with Gasteiger partial charge in [-0.05, 0) is 46.3 Å². The van der Waals surface area contributed by atoms with Gasteiger partial charge >= 0.3 is 0 Å². The van der Waals surface area contributed by atoms with Crippen molar-refractivity contribution < 1.29 is 0 Å². The minimum absolute atomic E-state index is 0.406. The fourth-order valence-electron chi connectivity index (χ4n) is 2.72. The van der Waals surface area contributed by atoms with E-state index in [4.69, 9.17) is 0 Å². The molecule has 1 N–H and O–H groups in total. The Labute approximate surface area is 127 Å². The molecule has 114 valence electrons. The van der Waals surface area contributed by atoms with E-state index in [2.05, 4.69) is 48.0 Å². The number of likely N-dealkylation sites (tertiary alicyclic amines) is 1. The maximum atomic E-state index is 4.60. The van der Waals surface area contributed by atoms with Crippen LogP contribution in [0, 0.1) is 0 Å². The summed E-state index contributed by atoms with van der Waals surface area (Å²) in [5.74, 6) is 0. The highest BCUT2D eigenvalue weighted by atomic mass is 32.1. The second-order valence-electron chi connectivity index (χ2n) is 5.88. The monoisotopic (exact) mass is 296 g/mol. The molecule has 1 aromatic rings. The number of aromatic nitrogens is 1.